The monoisotopic (exact) mass is 394 g/mol. The van der Waals surface area contributed by atoms with Gasteiger partial charge in [-0.1, -0.05) is 29.8 Å². The van der Waals surface area contributed by atoms with Crippen molar-refractivity contribution in [2.45, 2.75) is 4.90 Å². The molecular formula is C17H15ClN2O5S. The molecule has 7 nitrogen and oxygen atoms in total. The minimum atomic E-state index is -0.956. The van der Waals surface area contributed by atoms with Crippen molar-refractivity contribution in [2.24, 2.45) is 0 Å². The molecule has 0 fully saturated rings. The molecule has 2 aromatic rings. The number of ether oxygens (including phenoxy) is 1. The van der Waals surface area contributed by atoms with E-state index in [9.17, 15) is 19.7 Å². The molecule has 2 rings (SSSR count). The number of nitro benzene ring substituents is 1. The second-order valence-electron chi connectivity index (χ2n) is 5.01. The van der Waals surface area contributed by atoms with Crippen LogP contribution < -0.4 is 5.32 Å². The molecule has 0 heterocycles. The van der Waals surface area contributed by atoms with Gasteiger partial charge in [0, 0.05) is 28.3 Å². The lowest BCUT2D eigenvalue weighted by atomic mass is 10.2. The zero-order chi connectivity index (χ0) is 18.9. The number of benzene rings is 2. The number of rotatable bonds is 8. The summed E-state index contributed by atoms with van der Waals surface area (Å²) < 4.78 is 4.83. The highest BCUT2D eigenvalue weighted by Gasteiger charge is 2.22. The number of hydrogen-bond donors (Lipinski definition) is 1. The molecule has 2 aromatic carbocycles. The van der Waals surface area contributed by atoms with Crippen LogP contribution in [0.15, 0.2) is 53.4 Å². The number of hydrogen-bond acceptors (Lipinski definition) is 6. The van der Waals surface area contributed by atoms with E-state index >= 15 is 0 Å². The summed E-state index contributed by atoms with van der Waals surface area (Å²) >= 11 is 7.27. The van der Waals surface area contributed by atoms with Crippen LogP contribution in [-0.2, 0) is 9.53 Å². The molecule has 9 heteroatoms. The Kier molecular flexibility index (Phi) is 7.43. The minimum absolute atomic E-state index is 0.127. The van der Waals surface area contributed by atoms with E-state index in [4.69, 9.17) is 16.3 Å². The van der Waals surface area contributed by atoms with Gasteiger partial charge in [-0.15, -0.1) is 11.8 Å². The Labute approximate surface area is 158 Å². The van der Waals surface area contributed by atoms with Crippen LogP contribution in [0.1, 0.15) is 10.4 Å². The van der Waals surface area contributed by atoms with Gasteiger partial charge in [-0.3, -0.25) is 14.9 Å². The van der Waals surface area contributed by atoms with Crippen molar-refractivity contribution >= 4 is 40.9 Å². The van der Waals surface area contributed by atoms with Gasteiger partial charge in [0.25, 0.3) is 11.6 Å². The quantitative estimate of drug-likeness (QED) is 0.242. The first kappa shape index (κ1) is 19.7. The highest BCUT2D eigenvalue weighted by atomic mass is 35.5. The summed E-state index contributed by atoms with van der Waals surface area (Å²) in [6, 6.07) is 13.3. The van der Waals surface area contributed by atoms with Gasteiger partial charge in [-0.25, -0.2) is 4.79 Å². The Morgan fingerprint density at radius 2 is 1.92 bits per heavy atom. The number of nitro groups is 1. The summed E-state index contributed by atoms with van der Waals surface area (Å²) in [5.41, 5.74) is -0.728. The third kappa shape index (κ3) is 6.05. The van der Waals surface area contributed by atoms with Gasteiger partial charge in [0.15, 0.2) is 6.61 Å². The van der Waals surface area contributed by atoms with Crippen LogP contribution in [0, 0.1) is 10.1 Å². The molecular weight excluding hydrogens is 380 g/mol. The van der Waals surface area contributed by atoms with E-state index in [1.54, 1.807) is 11.8 Å². The molecule has 1 amide bonds. The molecule has 0 aliphatic rings. The zero-order valence-corrected chi connectivity index (χ0v) is 15.1. The van der Waals surface area contributed by atoms with E-state index in [0.29, 0.717) is 12.3 Å². The second kappa shape index (κ2) is 9.79. The fraction of sp³-hybridized carbons (Fsp3) is 0.176. The average molecular weight is 395 g/mol. The summed E-state index contributed by atoms with van der Waals surface area (Å²) in [7, 11) is 0. The topological polar surface area (TPSA) is 98.5 Å². The molecule has 0 atom stereocenters. The summed E-state index contributed by atoms with van der Waals surface area (Å²) in [6.45, 7) is -0.119. The molecule has 0 spiro atoms. The van der Waals surface area contributed by atoms with Crippen molar-refractivity contribution in [1.29, 1.82) is 0 Å². The fourth-order valence-corrected chi connectivity index (χ4v) is 2.92. The van der Waals surface area contributed by atoms with Crippen LogP contribution in [0.25, 0.3) is 0 Å². The number of nitrogens with one attached hydrogen (secondary N) is 1. The maximum Gasteiger partial charge on any atom is 0.345 e. The van der Waals surface area contributed by atoms with E-state index in [1.165, 1.54) is 12.1 Å². The van der Waals surface area contributed by atoms with E-state index in [0.717, 1.165) is 11.0 Å². The fourth-order valence-electron chi connectivity index (χ4n) is 1.96. The molecule has 0 aromatic heterocycles. The standard InChI is InChI=1S/C17H15ClN2O5S/c18-12-6-7-14(15(10-12)20(23)24)17(22)25-11-16(21)19-8-9-26-13-4-2-1-3-5-13/h1-7,10H,8-9,11H2,(H,19,21). The van der Waals surface area contributed by atoms with Crippen LogP contribution in [0.2, 0.25) is 5.02 Å². The second-order valence-corrected chi connectivity index (χ2v) is 6.61. The lowest BCUT2D eigenvalue weighted by molar-refractivity contribution is -0.385. The number of carbonyl (C=O) groups is 2. The molecule has 26 heavy (non-hydrogen) atoms. The molecule has 1 N–H and O–H groups in total. The predicted molar refractivity (Wildman–Crippen MR) is 98.6 cm³/mol. The third-order valence-electron chi connectivity index (χ3n) is 3.15. The van der Waals surface area contributed by atoms with Gasteiger partial charge < -0.3 is 10.1 Å². The molecule has 0 radical (unpaired) electrons. The predicted octanol–water partition coefficient (Wildman–Crippen LogP) is 3.31. The molecule has 0 saturated carbocycles. The largest absolute Gasteiger partial charge is 0.452 e. The first-order chi connectivity index (χ1) is 12.5. The van der Waals surface area contributed by atoms with Crippen molar-refractivity contribution in [1.82, 2.24) is 5.32 Å². The lowest BCUT2D eigenvalue weighted by Crippen LogP contribution is -2.30. The number of thioether (sulfide) groups is 1. The van der Waals surface area contributed by atoms with Gasteiger partial charge in [-0.2, -0.15) is 0 Å². The van der Waals surface area contributed by atoms with Crippen LogP contribution in [-0.4, -0.2) is 35.7 Å². The minimum Gasteiger partial charge on any atom is -0.452 e. The maximum atomic E-state index is 11.9. The van der Waals surface area contributed by atoms with Gasteiger partial charge in [0.1, 0.15) is 5.56 Å². The Morgan fingerprint density at radius 3 is 2.62 bits per heavy atom. The van der Waals surface area contributed by atoms with Crippen molar-refractivity contribution < 1.29 is 19.2 Å². The van der Waals surface area contributed by atoms with Crippen molar-refractivity contribution in [3.05, 3.63) is 69.2 Å². The Balaban J connectivity index is 1.77. The SMILES string of the molecule is O=C(COC(=O)c1ccc(Cl)cc1[N+](=O)[O-])NCCSc1ccccc1. The summed E-state index contributed by atoms with van der Waals surface area (Å²) in [4.78, 5) is 35.0. The lowest BCUT2D eigenvalue weighted by Gasteiger charge is -2.07. The van der Waals surface area contributed by atoms with E-state index < -0.39 is 29.1 Å². The molecule has 0 bridgehead atoms. The van der Waals surface area contributed by atoms with Gasteiger partial charge in [-0.05, 0) is 24.3 Å². The Morgan fingerprint density at radius 1 is 1.19 bits per heavy atom. The van der Waals surface area contributed by atoms with Crippen molar-refractivity contribution in [2.75, 3.05) is 18.9 Å². The average Bonchev–Trinajstić information content (AvgIpc) is 2.64. The van der Waals surface area contributed by atoms with Gasteiger partial charge in [0.2, 0.25) is 0 Å². The summed E-state index contributed by atoms with van der Waals surface area (Å²) in [6.07, 6.45) is 0. The van der Waals surface area contributed by atoms with E-state index in [2.05, 4.69) is 5.32 Å². The van der Waals surface area contributed by atoms with Gasteiger partial charge in [0.05, 0.1) is 4.92 Å². The molecule has 0 aliphatic carbocycles. The molecule has 0 saturated heterocycles. The summed E-state index contributed by atoms with van der Waals surface area (Å²) in [5, 5.41) is 13.7. The first-order valence-electron chi connectivity index (χ1n) is 7.53. The van der Waals surface area contributed by atoms with Crippen LogP contribution >= 0.6 is 23.4 Å². The van der Waals surface area contributed by atoms with Crippen molar-refractivity contribution in [3.8, 4) is 0 Å². The van der Waals surface area contributed by atoms with Crippen LogP contribution in [0.5, 0.6) is 0 Å². The summed E-state index contributed by atoms with van der Waals surface area (Å²) in [5.74, 6) is -0.780. The molecule has 0 aliphatic heterocycles. The normalized spacial score (nSPS) is 10.2. The Hall–Kier alpha value is -2.58. The van der Waals surface area contributed by atoms with Gasteiger partial charge >= 0.3 is 5.97 Å². The zero-order valence-electron chi connectivity index (χ0n) is 13.5. The number of nitrogens with zero attached hydrogens (tertiary/aromatic N) is 1. The molecule has 136 valence electrons. The third-order valence-corrected chi connectivity index (χ3v) is 4.40. The first-order valence-corrected chi connectivity index (χ1v) is 8.89. The van der Waals surface area contributed by atoms with Crippen LogP contribution in [0.3, 0.4) is 0 Å². The molecule has 0 unspecified atom stereocenters. The number of carbonyl (C=O) groups excluding carboxylic acids is 2. The number of halogens is 1. The smallest absolute Gasteiger partial charge is 0.345 e. The maximum absolute atomic E-state index is 11.9. The number of esters is 1. The van der Waals surface area contributed by atoms with E-state index in [1.807, 2.05) is 30.3 Å². The highest BCUT2D eigenvalue weighted by Crippen LogP contribution is 2.23. The highest BCUT2D eigenvalue weighted by molar-refractivity contribution is 7.99. The Bertz CT molecular complexity index is 801. The van der Waals surface area contributed by atoms with Crippen molar-refractivity contribution in [3.63, 3.8) is 0 Å². The van der Waals surface area contributed by atoms with E-state index in [-0.39, 0.29) is 10.6 Å². The number of amides is 1. The van der Waals surface area contributed by atoms with Crippen LogP contribution in [0.4, 0.5) is 5.69 Å².